The van der Waals surface area contributed by atoms with Gasteiger partial charge in [-0.3, -0.25) is 14.5 Å². The smallest absolute Gasteiger partial charge is 0.301 e. The maximum atomic E-state index is 13.8. The average molecular weight is 489 g/mol. The summed E-state index contributed by atoms with van der Waals surface area (Å²) in [5.41, 5.74) is 2.72. The zero-order valence-electron chi connectivity index (χ0n) is 18.9. The van der Waals surface area contributed by atoms with Gasteiger partial charge < -0.3 is 10.2 Å². The molecule has 5 rings (SSSR count). The summed E-state index contributed by atoms with van der Waals surface area (Å²) in [5, 5.41) is 21.3. The number of rotatable bonds is 4. The number of phenolic OH excluding ortho intramolecular Hbond substituents is 1. The summed E-state index contributed by atoms with van der Waals surface area (Å²) in [6.07, 6.45) is 0.846. The molecule has 8 heteroatoms. The molecule has 1 saturated heterocycles. The van der Waals surface area contributed by atoms with Crippen LogP contribution in [0.5, 0.6) is 5.75 Å². The predicted octanol–water partition coefficient (Wildman–Crippen LogP) is 5.64. The number of aliphatic hydroxyl groups excluding tert-OH is 1. The Hall–Kier alpha value is -4.04. The fourth-order valence-electron chi connectivity index (χ4n) is 4.23. The summed E-state index contributed by atoms with van der Waals surface area (Å²) in [5.74, 6) is -2.51. The minimum atomic E-state index is -0.979. The van der Waals surface area contributed by atoms with Crippen molar-refractivity contribution in [3.05, 3.63) is 94.3 Å². The first-order valence-corrected chi connectivity index (χ1v) is 11.9. The van der Waals surface area contributed by atoms with Crippen LogP contribution in [0.1, 0.15) is 35.2 Å². The molecule has 4 aromatic rings. The monoisotopic (exact) mass is 488 g/mol. The van der Waals surface area contributed by atoms with Crippen LogP contribution in [0.15, 0.2) is 66.2 Å². The number of ketones is 1. The number of nitrogens with zero attached hydrogens (tertiary/aromatic N) is 2. The topological polar surface area (TPSA) is 90.7 Å². The van der Waals surface area contributed by atoms with Crippen LogP contribution in [0.25, 0.3) is 16.0 Å². The Balaban J connectivity index is 1.72. The van der Waals surface area contributed by atoms with Crippen LogP contribution >= 0.6 is 11.3 Å². The van der Waals surface area contributed by atoms with Gasteiger partial charge in [-0.2, -0.15) is 0 Å². The second kappa shape index (κ2) is 8.63. The van der Waals surface area contributed by atoms with Crippen molar-refractivity contribution in [1.29, 1.82) is 0 Å². The maximum Gasteiger partial charge on any atom is 0.301 e. The molecule has 0 saturated carbocycles. The fourth-order valence-corrected chi connectivity index (χ4v) is 5.29. The Kier molecular flexibility index (Phi) is 5.61. The van der Waals surface area contributed by atoms with Crippen molar-refractivity contribution in [3.63, 3.8) is 0 Å². The number of anilines is 1. The molecule has 0 spiro atoms. The number of hydrogen-bond acceptors (Lipinski definition) is 6. The molecule has 1 aliphatic rings. The van der Waals surface area contributed by atoms with E-state index in [9.17, 15) is 24.2 Å². The third-order valence-electron chi connectivity index (χ3n) is 6.14. The normalized spacial score (nSPS) is 17.5. The molecule has 0 aliphatic carbocycles. The largest absolute Gasteiger partial charge is 0.508 e. The molecule has 0 radical (unpaired) electrons. The van der Waals surface area contributed by atoms with Gasteiger partial charge in [-0.05, 0) is 72.5 Å². The number of benzene rings is 3. The number of halogens is 1. The molecule has 0 bridgehead atoms. The number of aromatic nitrogens is 1. The molecule has 2 heterocycles. The van der Waals surface area contributed by atoms with Crippen molar-refractivity contribution in [2.45, 2.75) is 26.3 Å². The van der Waals surface area contributed by atoms with Gasteiger partial charge in [0, 0.05) is 5.56 Å². The molecule has 1 amide bonds. The highest BCUT2D eigenvalue weighted by atomic mass is 32.1. The summed E-state index contributed by atoms with van der Waals surface area (Å²) in [6, 6.07) is 14.9. The van der Waals surface area contributed by atoms with Gasteiger partial charge >= 0.3 is 5.91 Å². The third-order valence-corrected chi connectivity index (χ3v) is 7.16. The van der Waals surface area contributed by atoms with Crippen LogP contribution in [0, 0.1) is 12.7 Å². The van der Waals surface area contributed by atoms with Crippen LogP contribution in [-0.4, -0.2) is 26.9 Å². The number of carbonyl (C=O) groups is 2. The lowest BCUT2D eigenvalue weighted by atomic mass is 9.95. The van der Waals surface area contributed by atoms with Crippen molar-refractivity contribution < 1.29 is 24.2 Å². The molecule has 1 aromatic heterocycles. The van der Waals surface area contributed by atoms with Crippen LogP contribution in [0.4, 0.5) is 9.52 Å². The van der Waals surface area contributed by atoms with Crippen molar-refractivity contribution in [2.24, 2.45) is 0 Å². The minimum absolute atomic E-state index is 0.0203. The Morgan fingerprint density at radius 3 is 2.51 bits per heavy atom. The molecule has 35 heavy (non-hydrogen) atoms. The Morgan fingerprint density at radius 2 is 1.83 bits per heavy atom. The van der Waals surface area contributed by atoms with Gasteiger partial charge in [0.2, 0.25) is 0 Å². The van der Waals surface area contributed by atoms with Crippen molar-refractivity contribution in [3.8, 4) is 5.75 Å². The van der Waals surface area contributed by atoms with Gasteiger partial charge in [0.1, 0.15) is 17.3 Å². The van der Waals surface area contributed by atoms with Crippen molar-refractivity contribution in [2.75, 3.05) is 4.90 Å². The summed E-state index contributed by atoms with van der Waals surface area (Å²) in [4.78, 5) is 32.5. The number of carbonyl (C=O) groups excluding carboxylic acids is 2. The lowest BCUT2D eigenvalue weighted by Crippen LogP contribution is -2.29. The second-order valence-electron chi connectivity index (χ2n) is 8.38. The summed E-state index contributed by atoms with van der Waals surface area (Å²) < 4.78 is 14.7. The molecule has 2 N–H and O–H groups in total. The number of amides is 1. The lowest BCUT2D eigenvalue weighted by Gasteiger charge is -2.23. The highest BCUT2D eigenvalue weighted by Crippen LogP contribution is 2.44. The number of fused-ring (bicyclic) bond motifs is 1. The summed E-state index contributed by atoms with van der Waals surface area (Å²) in [6.45, 7) is 3.59. The Bertz CT molecular complexity index is 1520. The van der Waals surface area contributed by atoms with E-state index in [1.807, 2.05) is 25.1 Å². The number of hydrogen-bond donors (Lipinski definition) is 2. The van der Waals surface area contributed by atoms with E-state index in [2.05, 4.69) is 4.98 Å². The summed E-state index contributed by atoms with van der Waals surface area (Å²) in [7, 11) is 0. The number of Topliss-reactive ketones (excluding diaryl/α,β-unsaturated/α-hetero) is 1. The van der Waals surface area contributed by atoms with E-state index in [1.54, 1.807) is 19.1 Å². The van der Waals surface area contributed by atoms with Crippen molar-refractivity contribution in [1.82, 2.24) is 4.98 Å². The lowest BCUT2D eigenvalue weighted by molar-refractivity contribution is -0.132. The molecule has 1 unspecified atom stereocenters. The van der Waals surface area contributed by atoms with Gasteiger partial charge in [0.05, 0.1) is 21.8 Å². The molecule has 1 fully saturated rings. The van der Waals surface area contributed by atoms with E-state index in [-0.39, 0.29) is 16.9 Å². The second-order valence-corrected chi connectivity index (χ2v) is 9.39. The maximum absolute atomic E-state index is 13.8. The number of aryl methyl sites for hydroxylation is 2. The number of aliphatic hydroxyl groups is 1. The molecular formula is C27H21FN2O4S. The summed E-state index contributed by atoms with van der Waals surface area (Å²) >= 11 is 1.28. The van der Waals surface area contributed by atoms with Gasteiger partial charge in [0.25, 0.3) is 5.78 Å². The fraction of sp³-hybridized carbons (Fsp3) is 0.148. The first-order valence-electron chi connectivity index (χ1n) is 11.0. The zero-order valence-corrected chi connectivity index (χ0v) is 19.8. The van der Waals surface area contributed by atoms with Gasteiger partial charge in [0.15, 0.2) is 5.13 Å². The first-order chi connectivity index (χ1) is 16.8. The zero-order chi connectivity index (χ0) is 24.9. The van der Waals surface area contributed by atoms with Crippen LogP contribution < -0.4 is 4.90 Å². The molecule has 1 atom stereocenters. The number of aromatic hydroxyl groups is 1. The van der Waals surface area contributed by atoms with E-state index in [4.69, 9.17) is 0 Å². The van der Waals surface area contributed by atoms with Gasteiger partial charge in [-0.25, -0.2) is 9.37 Å². The van der Waals surface area contributed by atoms with Gasteiger partial charge in [-0.1, -0.05) is 36.5 Å². The van der Waals surface area contributed by atoms with E-state index >= 15 is 0 Å². The third kappa shape index (κ3) is 3.85. The van der Waals surface area contributed by atoms with Crippen molar-refractivity contribution >= 4 is 44.1 Å². The van der Waals surface area contributed by atoms with Gasteiger partial charge in [-0.15, -0.1) is 0 Å². The standard InChI is InChI=1S/C27H21FN2O4S/c1-3-15-4-11-20-21(13-15)35-27(29-20)30-23(16-5-8-18(31)9-6-16)22(25(33)26(30)34)24(32)17-7-10-19(28)14(2)12-17/h4-13,23,31-32H,3H2,1-2H3/b24-22+. The SMILES string of the molecule is CCc1ccc2nc(N3C(=O)C(=O)/C(=C(/O)c4ccc(F)c(C)c4)C3c3ccc(O)cc3)sc2c1. The highest BCUT2D eigenvalue weighted by Gasteiger charge is 2.48. The first kappa shape index (κ1) is 22.7. The van der Waals surface area contributed by atoms with Crippen LogP contribution in [0.2, 0.25) is 0 Å². The quantitative estimate of drug-likeness (QED) is 0.220. The van der Waals surface area contributed by atoms with E-state index in [0.717, 1.165) is 16.7 Å². The minimum Gasteiger partial charge on any atom is -0.508 e. The van der Waals surface area contributed by atoms with E-state index < -0.39 is 29.3 Å². The van der Waals surface area contributed by atoms with Crippen LogP contribution in [0.3, 0.4) is 0 Å². The molecule has 3 aromatic carbocycles. The number of thiazole rings is 1. The Labute approximate surface area is 204 Å². The molecule has 6 nitrogen and oxygen atoms in total. The van der Waals surface area contributed by atoms with E-state index in [1.165, 1.54) is 46.6 Å². The average Bonchev–Trinajstić information content (AvgIpc) is 3.38. The predicted molar refractivity (Wildman–Crippen MR) is 133 cm³/mol. The number of phenols is 1. The molecule has 1 aliphatic heterocycles. The molecular weight excluding hydrogens is 467 g/mol. The van der Waals surface area contributed by atoms with E-state index in [0.29, 0.717) is 21.8 Å². The highest BCUT2D eigenvalue weighted by molar-refractivity contribution is 7.22. The van der Waals surface area contributed by atoms with Crippen LogP contribution in [-0.2, 0) is 16.0 Å². The molecule has 176 valence electrons. The Morgan fingerprint density at radius 1 is 1.09 bits per heavy atom.